The molecule has 0 spiro atoms. The van der Waals surface area contributed by atoms with Gasteiger partial charge in [0.25, 0.3) is 0 Å². The number of aryl methyl sites for hydroxylation is 1. The Hall–Kier alpha value is -1.09. The Morgan fingerprint density at radius 1 is 1.23 bits per heavy atom. The third-order valence-corrected chi connectivity index (χ3v) is 2.48. The van der Waals surface area contributed by atoms with E-state index in [0.29, 0.717) is 0 Å². The number of hydrogen-bond donors (Lipinski definition) is 0. The molecule has 1 aromatic heterocycles. The van der Waals surface area contributed by atoms with E-state index in [1.807, 2.05) is 9.79 Å². The molecule has 1 aromatic carbocycles. The first-order chi connectivity index (χ1) is 6.27. The van der Waals surface area contributed by atoms with Gasteiger partial charge < -0.3 is 0 Å². The second-order valence-electron chi connectivity index (χ2n) is 2.93. The van der Waals surface area contributed by atoms with Crippen LogP contribution in [0.5, 0.6) is 0 Å². The first kappa shape index (κ1) is 8.51. The van der Waals surface area contributed by atoms with Crippen LogP contribution in [-0.4, -0.2) is 8.58 Å². The van der Waals surface area contributed by atoms with Gasteiger partial charge in [0, 0.05) is 18.0 Å². The molecule has 66 valence electrons. The maximum atomic E-state index is 4.23. The van der Waals surface area contributed by atoms with E-state index in [9.17, 15) is 0 Å². The maximum Gasteiger partial charge on any atom is 0.149 e. The van der Waals surface area contributed by atoms with E-state index >= 15 is 0 Å². The fourth-order valence-corrected chi connectivity index (χ4v) is 1.59. The maximum absolute atomic E-state index is 4.23. The molecule has 0 N–H and O–H groups in total. The lowest BCUT2D eigenvalue weighted by Gasteiger charge is -1.99. The quantitative estimate of drug-likeness (QED) is 0.745. The van der Waals surface area contributed by atoms with Crippen LogP contribution in [-0.2, 0) is 0 Å². The van der Waals surface area contributed by atoms with Crippen LogP contribution >= 0.6 is 16.1 Å². The van der Waals surface area contributed by atoms with Gasteiger partial charge in [-0.3, -0.25) is 3.59 Å². The Bertz CT molecular complexity index is 403. The standard InChI is InChI=1S/C10H9BrN2/c1-8-2-4-9(5-3-8)10-12-6-7-13(10)11/h2-7H,1H3. The molecule has 0 bridgehead atoms. The van der Waals surface area contributed by atoms with Gasteiger partial charge in [0.05, 0.1) is 16.1 Å². The fourth-order valence-electron chi connectivity index (χ4n) is 1.19. The SMILES string of the molecule is Cc1ccc(-c2nccn2Br)cc1. The lowest BCUT2D eigenvalue weighted by atomic mass is 10.1. The normalized spacial score (nSPS) is 10.3. The summed E-state index contributed by atoms with van der Waals surface area (Å²) < 4.78 is 1.83. The Labute approximate surface area is 85.6 Å². The Balaban J connectivity index is 2.47. The second-order valence-corrected chi connectivity index (χ2v) is 3.69. The molecule has 0 saturated heterocycles. The van der Waals surface area contributed by atoms with Crippen molar-refractivity contribution in [3.63, 3.8) is 0 Å². The van der Waals surface area contributed by atoms with Crippen LogP contribution in [0.1, 0.15) is 5.56 Å². The van der Waals surface area contributed by atoms with Crippen LogP contribution in [0, 0.1) is 6.92 Å². The Morgan fingerprint density at radius 3 is 2.46 bits per heavy atom. The topological polar surface area (TPSA) is 17.8 Å². The number of hydrogen-bond acceptors (Lipinski definition) is 1. The first-order valence-electron chi connectivity index (χ1n) is 4.04. The highest BCUT2D eigenvalue weighted by Crippen LogP contribution is 2.18. The highest BCUT2D eigenvalue weighted by molar-refractivity contribution is 9.08. The van der Waals surface area contributed by atoms with Gasteiger partial charge in [-0.2, -0.15) is 0 Å². The monoisotopic (exact) mass is 236 g/mol. The van der Waals surface area contributed by atoms with E-state index in [2.05, 4.69) is 52.3 Å². The molecule has 0 aliphatic rings. The minimum absolute atomic E-state index is 0.931. The van der Waals surface area contributed by atoms with Crippen LogP contribution in [0.15, 0.2) is 36.7 Å². The molecule has 0 aliphatic carbocycles. The Morgan fingerprint density at radius 2 is 1.92 bits per heavy atom. The highest BCUT2D eigenvalue weighted by Gasteiger charge is 2.02. The summed E-state index contributed by atoms with van der Waals surface area (Å²) in [6.45, 7) is 2.07. The minimum Gasteiger partial charge on any atom is -0.266 e. The van der Waals surface area contributed by atoms with Crippen molar-refractivity contribution >= 4 is 16.1 Å². The van der Waals surface area contributed by atoms with Crippen LogP contribution < -0.4 is 0 Å². The molecule has 2 rings (SSSR count). The third-order valence-electron chi connectivity index (χ3n) is 1.91. The zero-order valence-corrected chi connectivity index (χ0v) is 8.82. The summed E-state index contributed by atoms with van der Waals surface area (Å²) in [4.78, 5) is 4.23. The van der Waals surface area contributed by atoms with Gasteiger partial charge in [0.1, 0.15) is 5.82 Å². The zero-order chi connectivity index (χ0) is 9.26. The van der Waals surface area contributed by atoms with Crippen molar-refractivity contribution in [2.75, 3.05) is 0 Å². The molecule has 2 nitrogen and oxygen atoms in total. The largest absolute Gasteiger partial charge is 0.266 e. The molecule has 1 heterocycles. The third kappa shape index (κ3) is 1.65. The van der Waals surface area contributed by atoms with Gasteiger partial charge in [-0.05, 0) is 6.92 Å². The summed E-state index contributed by atoms with van der Waals surface area (Å²) in [7, 11) is 0. The molecular formula is C10H9BrN2. The average Bonchev–Trinajstić information content (AvgIpc) is 2.53. The van der Waals surface area contributed by atoms with Crippen molar-refractivity contribution in [3.05, 3.63) is 42.2 Å². The lowest BCUT2D eigenvalue weighted by molar-refractivity contribution is 1.26. The summed E-state index contributed by atoms with van der Waals surface area (Å²) in [5, 5.41) is 0. The lowest BCUT2D eigenvalue weighted by Crippen LogP contribution is -1.85. The molecular weight excluding hydrogens is 228 g/mol. The smallest absolute Gasteiger partial charge is 0.149 e. The summed E-state index contributed by atoms with van der Waals surface area (Å²) in [6, 6.07) is 8.29. The van der Waals surface area contributed by atoms with Crippen molar-refractivity contribution in [1.29, 1.82) is 0 Å². The van der Waals surface area contributed by atoms with Crippen LogP contribution in [0.2, 0.25) is 0 Å². The Kier molecular flexibility index (Phi) is 2.19. The van der Waals surface area contributed by atoms with Gasteiger partial charge in [-0.1, -0.05) is 29.8 Å². The molecule has 0 amide bonds. The van der Waals surface area contributed by atoms with E-state index < -0.39 is 0 Å². The van der Waals surface area contributed by atoms with Gasteiger partial charge in [0.15, 0.2) is 0 Å². The molecule has 0 atom stereocenters. The molecule has 0 radical (unpaired) electrons. The molecule has 0 fully saturated rings. The number of rotatable bonds is 1. The second kappa shape index (κ2) is 3.34. The van der Waals surface area contributed by atoms with Crippen molar-refractivity contribution in [1.82, 2.24) is 8.58 Å². The van der Waals surface area contributed by atoms with E-state index in [4.69, 9.17) is 0 Å². The van der Waals surface area contributed by atoms with E-state index in [1.54, 1.807) is 6.20 Å². The van der Waals surface area contributed by atoms with E-state index in [0.717, 1.165) is 11.4 Å². The van der Waals surface area contributed by atoms with Crippen LogP contribution in [0.25, 0.3) is 11.4 Å². The fraction of sp³-hybridized carbons (Fsp3) is 0.100. The number of halogens is 1. The molecule has 13 heavy (non-hydrogen) atoms. The van der Waals surface area contributed by atoms with Crippen molar-refractivity contribution in [2.45, 2.75) is 6.92 Å². The van der Waals surface area contributed by atoms with Crippen molar-refractivity contribution < 1.29 is 0 Å². The summed E-state index contributed by atoms with van der Waals surface area (Å²) in [6.07, 6.45) is 3.64. The van der Waals surface area contributed by atoms with Crippen LogP contribution in [0.4, 0.5) is 0 Å². The predicted molar refractivity (Wildman–Crippen MR) is 56.7 cm³/mol. The number of nitrogens with zero attached hydrogens (tertiary/aromatic N) is 2. The van der Waals surface area contributed by atoms with Gasteiger partial charge in [0.2, 0.25) is 0 Å². The molecule has 2 aromatic rings. The van der Waals surface area contributed by atoms with E-state index in [-0.39, 0.29) is 0 Å². The number of imidazole rings is 1. The molecule has 0 saturated carbocycles. The molecule has 0 aliphatic heterocycles. The zero-order valence-electron chi connectivity index (χ0n) is 7.24. The van der Waals surface area contributed by atoms with Crippen LogP contribution in [0.3, 0.4) is 0 Å². The van der Waals surface area contributed by atoms with E-state index in [1.165, 1.54) is 5.56 Å². The molecule has 3 heteroatoms. The van der Waals surface area contributed by atoms with Crippen molar-refractivity contribution in [2.24, 2.45) is 0 Å². The minimum atomic E-state index is 0.931. The summed E-state index contributed by atoms with van der Waals surface area (Å²) in [5.41, 5.74) is 2.38. The molecule has 0 unspecified atom stereocenters. The van der Waals surface area contributed by atoms with Gasteiger partial charge in [-0.25, -0.2) is 4.98 Å². The van der Waals surface area contributed by atoms with Gasteiger partial charge >= 0.3 is 0 Å². The average molecular weight is 237 g/mol. The van der Waals surface area contributed by atoms with Gasteiger partial charge in [-0.15, -0.1) is 0 Å². The summed E-state index contributed by atoms with van der Waals surface area (Å²) in [5.74, 6) is 0.931. The highest BCUT2D eigenvalue weighted by atomic mass is 79.9. The number of benzene rings is 1. The summed E-state index contributed by atoms with van der Waals surface area (Å²) >= 11 is 3.38. The predicted octanol–water partition coefficient (Wildman–Crippen LogP) is 3.02. The first-order valence-corrected chi connectivity index (χ1v) is 4.75. The van der Waals surface area contributed by atoms with Crippen molar-refractivity contribution in [3.8, 4) is 11.4 Å². The number of aromatic nitrogens is 2.